The lowest BCUT2D eigenvalue weighted by Crippen LogP contribution is -2.46. The molecule has 1 aliphatic heterocycles. The summed E-state index contributed by atoms with van der Waals surface area (Å²) < 4.78 is 0. The molecule has 16 heavy (non-hydrogen) atoms. The molecular formula is C11H20N2O3. The molecule has 1 aliphatic rings. The molecule has 0 aromatic heterocycles. The zero-order chi connectivity index (χ0) is 12.3. The first-order valence-electron chi connectivity index (χ1n) is 5.73. The summed E-state index contributed by atoms with van der Waals surface area (Å²) in [6, 6.07) is -0.700. The van der Waals surface area contributed by atoms with Gasteiger partial charge in [0.1, 0.15) is 6.04 Å². The van der Waals surface area contributed by atoms with Gasteiger partial charge in [-0.15, -0.1) is 0 Å². The maximum absolute atomic E-state index is 11.7. The van der Waals surface area contributed by atoms with Gasteiger partial charge in [-0.2, -0.15) is 0 Å². The largest absolute Gasteiger partial charge is 0.480 e. The molecule has 0 aromatic rings. The van der Waals surface area contributed by atoms with Crippen LogP contribution in [-0.4, -0.2) is 41.0 Å². The molecule has 3 atom stereocenters. The van der Waals surface area contributed by atoms with Gasteiger partial charge >= 0.3 is 5.97 Å². The first-order valence-corrected chi connectivity index (χ1v) is 5.73. The van der Waals surface area contributed by atoms with Crippen LogP contribution in [0.3, 0.4) is 0 Å². The predicted molar refractivity (Wildman–Crippen MR) is 59.8 cm³/mol. The number of amides is 1. The normalized spacial score (nSPS) is 24.6. The number of carbonyl (C=O) groups excluding carboxylic acids is 1. The minimum Gasteiger partial charge on any atom is -0.480 e. The lowest BCUT2D eigenvalue weighted by molar-refractivity contribution is -0.150. The number of carboxylic acid groups (broad SMARTS) is 1. The van der Waals surface area contributed by atoms with Crippen molar-refractivity contribution in [3.05, 3.63) is 0 Å². The minimum absolute atomic E-state index is 0.0297. The maximum Gasteiger partial charge on any atom is 0.326 e. The lowest BCUT2D eigenvalue weighted by atomic mass is 9.98. The maximum atomic E-state index is 11.7. The molecule has 0 aromatic carbocycles. The van der Waals surface area contributed by atoms with E-state index in [2.05, 4.69) is 0 Å². The van der Waals surface area contributed by atoms with Gasteiger partial charge in [-0.25, -0.2) is 4.79 Å². The van der Waals surface area contributed by atoms with E-state index in [9.17, 15) is 14.7 Å². The van der Waals surface area contributed by atoms with Crippen LogP contribution in [0.4, 0.5) is 0 Å². The summed E-state index contributed by atoms with van der Waals surface area (Å²) in [4.78, 5) is 24.4. The summed E-state index contributed by atoms with van der Waals surface area (Å²) in [5, 5.41) is 9.19. The third-order valence-electron chi connectivity index (χ3n) is 3.34. The molecule has 5 nitrogen and oxygen atoms in total. The molecule has 0 spiro atoms. The molecule has 1 heterocycles. The minimum atomic E-state index is -0.916. The first-order chi connectivity index (χ1) is 7.51. The molecule has 1 fully saturated rings. The van der Waals surface area contributed by atoms with Crippen molar-refractivity contribution >= 4 is 11.9 Å². The van der Waals surface area contributed by atoms with Gasteiger partial charge in [0, 0.05) is 13.0 Å². The molecule has 0 radical (unpaired) electrons. The second kappa shape index (κ2) is 5.30. The molecular weight excluding hydrogens is 208 g/mol. The number of aliphatic carboxylic acids is 1. The Balaban J connectivity index is 2.80. The second-order valence-electron chi connectivity index (χ2n) is 4.52. The van der Waals surface area contributed by atoms with E-state index in [4.69, 9.17) is 5.73 Å². The molecule has 1 amide bonds. The summed E-state index contributed by atoms with van der Waals surface area (Å²) in [6.45, 7) is 4.72. The van der Waals surface area contributed by atoms with E-state index in [1.54, 1.807) is 0 Å². The summed E-state index contributed by atoms with van der Waals surface area (Å²) in [7, 11) is 0. The van der Waals surface area contributed by atoms with Crippen molar-refractivity contribution in [2.45, 2.75) is 32.7 Å². The Morgan fingerprint density at radius 3 is 2.69 bits per heavy atom. The van der Waals surface area contributed by atoms with Crippen molar-refractivity contribution in [2.75, 3.05) is 13.1 Å². The van der Waals surface area contributed by atoms with Crippen molar-refractivity contribution < 1.29 is 14.7 Å². The van der Waals surface area contributed by atoms with Crippen molar-refractivity contribution in [3.8, 4) is 0 Å². The molecule has 1 unspecified atom stereocenters. The number of nitrogens with zero attached hydrogens (tertiary/aromatic N) is 1. The van der Waals surface area contributed by atoms with Crippen molar-refractivity contribution in [1.82, 2.24) is 4.90 Å². The van der Waals surface area contributed by atoms with E-state index in [0.29, 0.717) is 19.5 Å². The van der Waals surface area contributed by atoms with Crippen molar-refractivity contribution in [1.29, 1.82) is 0 Å². The summed E-state index contributed by atoms with van der Waals surface area (Å²) in [6.07, 6.45) is 1.13. The molecule has 0 bridgehead atoms. The average Bonchev–Trinajstić information content (AvgIpc) is 2.59. The van der Waals surface area contributed by atoms with Crippen LogP contribution >= 0.6 is 0 Å². The van der Waals surface area contributed by atoms with Crippen LogP contribution in [0.15, 0.2) is 0 Å². The highest BCUT2D eigenvalue weighted by Gasteiger charge is 2.39. The topological polar surface area (TPSA) is 83.6 Å². The Kier molecular flexibility index (Phi) is 4.29. The van der Waals surface area contributed by atoms with Crippen LogP contribution in [0, 0.1) is 11.8 Å². The van der Waals surface area contributed by atoms with E-state index in [-0.39, 0.29) is 17.7 Å². The number of carbonyl (C=O) groups is 2. The van der Waals surface area contributed by atoms with Gasteiger partial charge in [-0.05, 0) is 18.4 Å². The fourth-order valence-electron chi connectivity index (χ4n) is 2.14. The SMILES string of the molecule is CC[C@H](C)[C@@H](C(=O)O)N1CC(CN)CC1=O. The Bertz CT molecular complexity index is 280. The molecule has 3 N–H and O–H groups in total. The number of rotatable bonds is 5. The predicted octanol–water partition coefficient (Wildman–Crippen LogP) is 0.293. The van der Waals surface area contributed by atoms with Crippen LogP contribution in [-0.2, 0) is 9.59 Å². The quantitative estimate of drug-likeness (QED) is 0.708. The Hall–Kier alpha value is -1.10. The highest BCUT2D eigenvalue weighted by atomic mass is 16.4. The van der Waals surface area contributed by atoms with Crippen LogP contribution < -0.4 is 5.73 Å². The zero-order valence-electron chi connectivity index (χ0n) is 9.85. The van der Waals surface area contributed by atoms with Gasteiger partial charge in [0.2, 0.25) is 5.91 Å². The van der Waals surface area contributed by atoms with Gasteiger partial charge in [0.05, 0.1) is 0 Å². The summed E-state index contributed by atoms with van der Waals surface area (Å²) >= 11 is 0. The van der Waals surface area contributed by atoms with Gasteiger partial charge in [-0.1, -0.05) is 20.3 Å². The number of carboxylic acids is 1. The molecule has 1 rings (SSSR count). The van der Waals surface area contributed by atoms with E-state index in [1.165, 1.54) is 4.90 Å². The first kappa shape index (κ1) is 13.0. The van der Waals surface area contributed by atoms with Gasteiger partial charge in [0.15, 0.2) is 0 Å². The number of hydrogen-bond donors (Lipinski definition) is 2. The van der Waals surface area contributed by atoms with Crippen LogP contribution in [0.1, 0.15) is 26.7 Å². The summed E-state index contributed by atoms with van der Waals surface area (Å²) in [5.41, 5.74) is 5.52. The lowest BCUT2D eigenvalue weighted by Gasteiger charge is -2.29. The zero-order valence-corrected chi connectivity index (χ0v) is 9.85. The Labute approximate surface area is 95.6 Å². The summed E-state index contributed by atoms with van der Waals surface area (Å²) in [5.74, 6) is -0.917. The van der Waals surface area contributed by atoms with Crippen LogP contribution in [0.25, 0.3) is 0 Å². The number of hydrogen-bond acceptors (Lipinski definition) is 3. The van der Waals surface area contributed by atoms with E-state index >= 15 is 0 Å². The molecule has 5 heteroatoms. The number of nitrogens with two attached hydrogens (primary N) is 1. The average molecular weight is 228 g/mol. The molecule has 1 saturated heterocycles. The van der Waals surface area contributed by atoms with E-state index in [1.807, 2.05) is 13.8 Å². The van der Waals surface area contributed by atoms with Crippen LogP contribution in [0.2, 0.25) is 0 Å². The van der Waals surface area contributed by atoms with Crippen molar-refractivity contribution in [2.24, 2.45) is 17.6 Å². The Morgan fingerprint density at radius 2 is 2.31 bits per heavy atom. The molecule has 0 saturated carbocycles. The standard InChI is InChI=1S/C11H20N2O3/c1-3-7(2)10(11(15)16)13-6-8(5-12)4-9(13)14/h7-8,10H,3-6,12H2,1-2H3,(H,15,16)/t7-,8?,10-/m0/s1. The Morgan fingerprint density at radius 1 is 1.69 bits per heavy atom. The van der Waals surface area contributed by atoms with E-state index < -0.39 is 12.0 Å². The fraction of sp³-hybridized carbons (Fsp3) is 0.818. The molecule has 0 aliphatic carbocycles. The van der Waals surface area contributed by atoms with Crippen molar-refractivity contribution in [3.63, 3.8) is 0 Å². The highest BCUT2D eigenvalue weighted by Crippen LogP contribution is 2.24. The fourth-order valence-corrected chi connectivity index (χ4v) is 2.14. The van der Waals surface area contributed by atoms with E-state index in [0.717, 1.165) is 6.42 Å². The third-order valence-corrected chi connectivity index (χ3v) is 3.34. The van der Waals surface area contributed by atoms with Gasteiger partial charge in [-0.3, -0.25) is 4.79 Å². The molecule has 92 valence electrons. The van der Waals surface area contributed by atoms with Gasteiger partial charge < -0.3 is 15.7 Å². The monoisotopic (exact) mass is 228 g/mol. The smallest absolute Gasteiger partial charge is 0.326 e. The second-order valence-corrected chi connectivity index (χ2v) is 4.52. The third kappa shape index (κ3) is 2.52. The number of likely N-dealkylation sites (tertiary alicyclic amines) is 1. The van der Waals surface area contributed by atoms with Gasteiger partial charge in [0.25, 0.3) is 0 Å². The highest BCUT2D eigenvalue weighted by molar-refractivity contribution is 5.85. The van der Waals surface area contributed by atoms with Crippen LogP contribution in [0.5, 0.6) is 0 Å².